The first-order valence-electron chi connectivity index (χ1n) is 9.57. The molecule has 0 bridgehead atoms. The molecule has 2 heterocycles. The van der Waals surface area contributed by atoms with Gasteiger partial charge in [-0.2, -0.15) is 5.10 Å². The Morgan fingerprint density at radius 3 is 2.66 bits per heavy atom. The van der Waals surface area contributed by atoms with E-state index in [4.69, 9.17) is 4.74 Å². The quantitative estimate of drug-likeness (QED) is 0.410. The molecule has 29 heavy (non-hydrogen) atoms. The van der Waals surface area contributed by atoms with E-state index < -0.39 is 0 Å². The van der Waals surface area contributed by atoms with Crippen LogP contribution in [0.3, 0.4) is 0 Å². The zero-order valence-electron chi connectivity index (χ0n) is 17.1. The van der Waals surface area contributed by atoms with Gasteiger partial charge in [-0.1, -0.05) is 11.8 Å². The minimum atomic E-state index is -0.133. The number of aromatic nitrogens is 4. The molecule has 1 amide bonds. The molecule has 0 saturated carbocycles. The predicted molar refractivity (Wildman–Crippen MR) is 116 cm³/mol. The molecule has 3 aromatic rings. The van der Waals surface area contributed by atoms with Crippen LogP contribution in [-0.2, 0) is 6.54 Å². The minimum absolute atomic E-state index is 0.133. The van der Waals surface area contributed by atoms with Crippen molar-refractivity contribution in [3.05, 3.63) is 36.0 Å². The number of benzene rings is 1. The van der Waals surface area contributed by atoms with E-state index in [9.17, 15) is 4.79 Å². The molecule has 0 fully saturated rings. The Morgan fingerprint density at radius 1 is 1.24 bits per heavy atom. The molecular formula is C20H26N6O2S. The Bertz CT molecular complexity index is 971. The molecule has 0 aliphatic carbocycles. The minimum Gasteiger partial charge on any atom is -0.494 e. The van der Waals surface area contributed by atoms with E-state index in [1.807, 2.05) is 13.2 Å². The maximum Gasteiger partial charge on any atom is 0.251 e. The molecular weight excluding hydrogens is 388 g/mol. The van der Waals surface area contributed by atoms with Gasteiger partial charge in [0.15, 0.2) is 10.8 Å². The molecule has 2 aromatic heterocycles. The van der Waals surface area contributed by atoms with E-state index in [0.29, 0.717) is 30.4 Å². The number of rotatable bonds is 9. The topological polar surface area (TPSA) is 94.0 Å². The van der Waals surface area contributed by atoms with Crippen LogP contribution < -0.4 is 15.4 Å². The number of anilines is 1. The van der Waals surface area contributed by atoms with E-state index in [0.717, 1.165) is 22.6 Å². The average molecular weight is 415 g/mol. The Kier molecular flexibility index (Phi) is 6.92. The highest BCUT2D eigenvalue weighted by molar-refractivity contribution is 7.98. The van der Waals surface area contributed by atoms with Crippen molar-refractivity contribution in [2.45, 2.75) is 38.5 Å². The third-order valence-corrected chi connectivity index (χ3v) is 4.67. The van der Waals surface area contributed by atoms with Crippen LogP contribution in [0.2, 0.25) is 0 Å². The van der Waals surface area contributed by atoms with Crippen molar-refractivity contribution >= 4 is 34.5 Å². The fraction of sp³-hybridized carbons (Fsp3) is 0.400. The van der Waals surface area contributed by atoms with Gasteiger partial charge in [0.05, 0.1) is 24.7 Å². The molecule has 8 nitrogen and oxygen atoms in total. The molecule has 0 aliphatic heterocycles. The van der Waals surface area contributed by atoms with Crippen LogP contribution in [0.4, 0.5) is 5.82 Å². The number of amides is 1. The van der Waals surface area contributed by atoms with Gasteiger partial charge in [0.2, 0.25) is 0 Å². The molecule has 9 heteroatoms. The van der Waals surface area contributed by atoms with Crippen molar-refractivity contribution in [3.8, 4) is 5.75 Å². The van der Waals surface area contributed by atoms with E-state index in [1.54, 1.807) is 35.1 Å². The summed E-state index contributed by atoms with van der Waals surface area (Å²) in [6, 6.07) is 7.35. The number of carbonyl (C=O) groups excluding carboxylic acids is 1. The molecule has 0 saturated heterocycles. The molecule has 0 atom stereocenters. The summed E-state index contributed by atoms with van der Waals surface area (Å²) in [6.45, 7) is 7.60. The molecule has 3 rings (SSSR count). The number of hydrogen-bond donors (Lipinski definition) is 2. The van der Waals surface area contributed by atoms with E-state index in [2.05, 4.69) is 39.5 Å². The molecule has 2 N–H and O–H groups in total. The number of hydrogen-bond acceptors (Lipinski definition) is 7. The second-order valence-electron chi connectivity index (χ2n) is 6.68. The van der Waals surface area contributed by atoms with Gasteiger partial charge in [0, 0.05) is 18.2 Å². The Labute approximate surface area is 174 Å². The van der Waals surface area contributed by atoms with Crippen molar-refractivity contribution in [2.75, 3.05) is 24.7 Å². The molecule has 0 spiro atoms. The van der Waals surface area contributed by atoms with Crippen LogP contribution in [0, 0.1) is 0 Å². The highest BCUT2D eigenvalue weighted by Crippen LogP contribution is 2.23. The third-order valence-electron chi connectivity index (χ3n) is 4.12. The van der Waals surface area contributed by atoms with Gasteiger partial charge in [-0.3, -0.25) is 4.79 Å². The Morgan fingerprint density at radius 2 is 2.00 bits per heavy atom. The summed E-state index contributed by atoms with van der Waals surface area (Å²) >= 11 is 1.48. The van der Waals surface area contributed by atoms with Gasteiger partial charge in [-0.15, -0.1) is 0 Å². The highest BCUT2D eigenvalue weighted by Gasteiger charge is 2.14. The Hall–Kier alpha value is -2.81. The molecule has 0 radical (unpaired) electrons. The van der Waals surface area contributed by atoms with Crippen molar-refractivity contribution in [1.82, 2.24) is 25.1 Å². The lowest BCUT2D eigenvalue weighted by molar-refractivity contribution is 0.0952. The second-order valence-corrected chi connectivity index (χ2v) is 7.45. The lowest BCUT2D eigenvalue weighted by Crippen LogP contribution is -2.27. The number of carbonyl (C=O) groups is 1. The fourth-order valence-corrected chi connectivity index (χ4v) is 3.18. The lowest BCUT2D eigenvalue weighted by Gasteiger charge is -2.11. The maximum atomic E-state index is 12.4. The summed E-state index contributed by atoms with van der Waals surface area (Å²) < 4.78 is 7.19. The largest absolute Gasteiger partial charge is 0.494 e. The van der Waals surface area contributed by atoms with Gasteiger partial charge in [0.25, 0.3) is 5.91 Å². The first-order valence-corrected chi connectivity index (χ1v) is 10.8. The van der Waals surface area contributed by atoms with Gasteiger partial charge >= 0.3 is 0 Å². The molecule has 0 unspecified atom stereocenters. The van der Waals surface area contributed by atoms with Crippen LogP contribution in [0.5, 0.6) is 5.75 Å². The molecule has 0 aliphatic rings. The summed E-state index contributed by atoms with van der Waals surface area (Å²) in [5.74, 6) is 1.40. The lowest BCUT2D eigenvalue weighted by atomic mass is 10.2. The van der Waals surface area contributed by atoms with Gasteiger partial charge in [0.1, 0.15) is 11.6 Å². The SMILES string of the molecule is CCOc1ccc(C(=O)NCCn2ncc3c(NC(C)C)nc(SC)nc32)cc1. The number of fused-ring (bicyclic) bond motifs is 1. The second kappa shape index (κ2) is 9.60. The predicted octanol–water partition coefficient (Wildman–Crippen LogP) is 3.20. The Balaban J connectivity index is 1.68. The summed E-state index contributed by atoms with van der Waals surface area (Å²) in [5, 5.41) is 12.3. The highest BCUT2D eigenvalue weighted by atomic mass is 32.2. The first-order chi connectivity index (χ1) is 14.0. The van der Waals surface area contributed by atoms with Crippen LogP contribution >= 0.6 is 11.8 Å². The van der Waals surface area contributed by atoms with E-state index in [1.165, 1.54) is 11.8 Å². The monoisotopic (exact) mass is 414 g/mol. The van der Waals surface area contributed by atoms with Crippen molar-refractivity contribution < 1.29 is 9.53 Å². The fourth-order valence-electron chi connectivity index (χ4n) is 2.82. The van der Waals surface area contributed by atoms with Crippen LogP contribution in [-0.4, -0.2) is 51.1 Å². The van der Waals surface area contributed by atoms with Crippen molar-refractivity contribution in [3.63, 3.8) is 0 Å². The molecule has 154 valence electrons. The zero-order valence-corrected chi connectivity index (χ0v) is 17.9. The molecule has 1 aromatic carbocycles. The van der Waals surface area contributed by atoms with Crippen LogP contribution in [0.1, 0.15) is 31.1 Å². The standard InChI is InChI=1S/C20H26N6O2S/c1-5-28-15-8-6-14(7-9-15)19(27)21-10-11-26-18-16(12-22-26)17(23-13(2)3)24-20(25-18)29-4/h6-9,12-13H,5,10-11H2,1-4H3,(H,21,27)(H,23,24,25). The maximum absolute atomic E-state index is 12.4. The van der Waals surface area contributed by atoms with Crippen molar-refractivity contribution in [1.29, 1.82) is 0 Å². The first kappa shape index (κ1) is 20.9. The number of nitrogens with one attached hydrogen (secondary N) is 2. The number of nitrogens with zero attached hydrogens (tertiary/aromatic N) is 4. The van der Waals surface area contributed by atoms with Gasteiger partial charge < -0.3 is 15.4 Å². The number of ether oxygens (including phenoxy) is 1. The summed E-state index contributed by atoms with van der Waals surface area (Å²) in [5.41, 5.74) is 1.34. The summed E-state index contributed by atoms with van der Waals surface area (Å²) in [7, 11) is 0. The zero-order chi connectivity index (χ0) is 20.8. The summed E-state index contributed by atoms with van der Waals surface area (Å²) in [4.78, 5) is 21.5. The van der Waals surface area contributed by atoms with Crippen molar-refractivity contribution in [2.24, 2.45) is 0 Å². The van der Waals surface area contributed by atoms with Gasteiger partial charge in [-0.05, 0) is 51.3 Å². The van der Waals surface area contributed by atoms with Crippen LogP contribution in [0.25, 0.3) is 11.0 Å². The van der Waals surface area contributed by atoms with E-state index in [-0.39, 0.29) is 11.9 Å². The smallest absolute Gasteiger partial charge is 0.251 e. The summed E-state index contributed by atoms with van der Waals surface area (Å²) in [6.07, 6.45) is 3.70. The average Bonchev–Trinajstić information content (AvgIpc) is 3.11. The van der Waals surface area contributed by atoms with Crippen LogP contribution in [0.15, 0.2) is 35.6 Å². The number of thioether (sulfide) groups is 1. The normalized spacial score (nSPS) is 11.1. The van der Waals surface area contributed by atoms with E-state index >= 15 is 0 Å². The third kappa shape index (κ3) is 5.17. The van der Waals surface area contributed by atoms with Gasteiger partial charge in [-0.25, -0.2) is 14.6 Å².